The van der Waals surface area contributed by atoms with Gasteiger partial charge in [-0.1, -0.05) is 57.5 Å². The van der Waals surface area contributed by atoms with Gasteiger partial charge in [-0.25, -0.2) is 0 Å². The number of carbonyl (C=O) groups is 1. The van der Waals surface area contributed by atoms with Crippen LogP contribution in [0, 0.1) is 6.92 Å². The first-order chi connectivity index (χ1) is 13.6. The molecular formula is C20H16BrN5OS. The first kappa shape index (κ1) is 18.6. The van der Waals surface area contributed by atoms with E-state index >= 15 is 0 Å². The number of nitrogens with one attached hydrogen (secondary N) is 1. The van der Waals surface area contributed by atoms with E-state index in [0.29, 0.717) is 11.5 Å². The van der Waals surface area contributed by atoms with Crippen molar-refractivity contribution in [2.45, 2.75) is 11.9 Å². The van der Waals surface area contributed by atoms with Crippen LogP contribution in [0.4, 0.5) is 5.69 Å². The van der Waals surface area contributed by atoms with Crippen LogP contribution in [0.1, 0.15) is 5.56 Å². The molecule has 0 atom stereocenters. The van der Waals surface area contributed by atoms with Crippen molar-refractivity contribution in [1.82, 2.24) is 19.8 Å². The zero-order valence-corrected chi connectivity index (χ0v) is 17.4. The van der Waals surface area contributed by atoms with Crippen molar-refractivity contribution in [1.29, 1.82) is 0 Å². The van der Waals surface area contributed by atoms with E-state index in [9.17, 15) is 4.79 Å². The van der Waals surface area contributed by atoms with Crippen molar-refractivity contribution in [2.75, 3.05) is 11.1 Å². The summed E-state index contributed by atoms with van der Waals surface area (Å²) in [4.78, 5) is 12.2. The average Bonchev–Trinajstić information content (AvgIpc) is 3.12. The van der Waals surface area contributed by atoms with Gasteiger partial charge in [-0.3, -0.25) is 4.79 Å². The number of hydrogen-bond acceptors (Lipinski definition) is 5. The molecule has 4 aromatic rings. The number of anilines is 1. The van der Waals surface area contributed by atoms with Crippen molar-refractivity contribution in [3.8, 4) is 11.4 Å². The van der Waals surface area contributed by atoms with E-state index < -0.39 is 0 Å². The Morgan fingerprint density at radius 2 is 1.79 bits per heavy atom. The summed E-state index contributed by atoms with van der Waals surface area (Å²) in [6.07, 6.45) is 0. The molecule has 0 saturated carbocycles. The predicted molar refractivity (Wildman–Crippen MR) is 114 cm³/mol. The van der Waals surface area contributed by atoms with Crippen LogP contribution in [0.5, 0.6) is 0 Å². The largest absolute Gasteiger partial charge is 0.325 e. The number of amides is 1. The van der Waals surface area contributed by atoms with E-state index in [4.69, 9.17) is 0 Å². The summed E-state index contributed by atoms with van der Waals surface area (Å²) < 4.78 is 2.68. The molecular weight excluding hydrogens is 438 g/mol. The quantitative estimate of drug-likeness (QED) is 0.447. The fourth-order valence-corrected chi connectivity index (χ4v) is 3.52. The van der Waals surface area contributed by atoms with Gasteiger partial charge < -0.3 is 5.32 Å². The molecule has 28 heavy (non-hydrogen) atoms. The lowest BCUT2D eigenvalue weighted by Gasteiger charge is -2.06. The van der Waals surface area contributed by atoms with Crippen LogP contribution < -0.4 is 5.32 Å². The minimum Gasteiger partial charge on any atom is -0.325 e. The molecule has 8 heteroatoms. The highest BCUT2D eigenvalue weighted by molar-refractivity contribution is 9.10. The predicted octanol–water partition coefficient (Wildman–Crippen LogP) is 4.59. The van der Waals surface area contributed by atoms with Crippen molar-refractivity contribution in [3.63, 3.8) is 0 Å². The number of carbonyl (C=O) groups excluding carboxylic acids is 1. The van der Waals surface area contributed by atoms with E-state index in [1.165, 1.54) is 17.3 Å². The van der Waals surface area contributed by atoms with E-state index in [1.54, 1.807) is 4.52 Å². The van der Waals surface area contributed by atoms with Crippen LogP contribution in [-0.4, -0.2) is 31.5 Å². The lowest BCUT2D eigenvalue weighted by atomic mass is 10.1. The third-order valence-electron chi connectivity index (χ3n) is 4.03. The van der Waals surface area contributed by atoms with Gasteiger partial charge in [0.2, 0.25) is 5.91 Å². The number of hydrogen-bond donors (Lipinski definition) is 1. The van der Waals surface area contributed by atoms with Crippen LogP contribution in [0.3, 0.4) is 0 Å². The normalized spacial score (nSPS) is 10.9. The number of rotatable bonds is 5. The Morgan fingerprint density at radius 3 is 2.54 bits per heavy atom. The second-order valence-electron chi connectivity index (χ2n) is 6.17. The molecule has 2 aromatic heterocycles. The van der Waals surface area contributed by atoms with Crippen molar-refractivity contribution >= 4 is 44.9 Å². The van der Waals surface area contributed by atoms with Crippen molar-refractivity contribution < 1.29 is 4.79 Å². The Labute approximate surface area is 174 Å². The third kappa shape index (κ3) is 4.23. The van der Waals surface area contributed by atoms with Gasteiger partial charge in [0.1, 0.15) is 5.03 Å². The van der Waals surface area contributed by atoms with Crippen molar-refractivity contribution in [3.05, 3.63) is 70.7 Å². The number of halogens is 1. The number of fused-ring (bicyclic) bond motifs is 1. The molecule has 0 bridgehead atoms. The third-order valence-corrected chi connectivity index (χ3v) is 5.48. The monoisotopic (exact) mass is 453 g/mol. The molecule has 1 amide bonds. The van der Waals surface area contributed by atoms with E-state index in [1.807, 2.05) is 67.6 Å². The lowest BCUT2D eigenvalue weighted by molar-refractivity contribution is -0.113. The summed E-state index contributed by atoms with van der Waals surface area (Å²) in [6, 6.07) is 19.2. The standard InChI is InChI=1S/C20H16BrN5OS/c1-13-2-4-14(5-3-13)20-24-23-17-10-11-19(25-26(17)20)28-12-18(27)22-16-8-6-15(21)7-9-16/h2-11H,12H2,1H3,(H,22,27). The fraction of sp³-hybridized carbons (Fsp3) is 0.100. The SMILES string of the molecule is Cc1ccc(-c2nnc3ccc(SCC(=O)Nc4ccc(Br)cc4)nn23)cc1. The highest BCUT2D eigenvalue weighted by Gasteiger charge is 2.11. The van der Waals surface area contributed by atoms with E-state index in [2.05, 4.69) is 36.5 Å². The van der Waals surface area contributed by atoms with Crippen LogP contribution in [0.15, 0.2) is 70.2 Å². The van der Waals surface area contributed by atoms with Gasteiger partial charge in [-0.05, 0) is 43.3 Å². The number of nitrogens with zero attached hydrogens (tertiary/aromatic N) is 4. The molecule has 1 N–H and O–H groups in total. The fourth-order valence-electron chi connectivity index (χ4n) is 2.60. The van der Waals surface area contributed by atoms with Crippen LogP contribution in [-0.2, 0) is 4.79 Å². The topological polar surface area (TPSA) is 72.2 Å². The zero-order valence-electron chi connectivity index (χ0n) is 15.0. The number of aryl methyl sites for hydroxylation is 1. The number of aromatic nitrogens is 4. The van der Waals surface area contributed by atoms with Gasteiger partial charge in [-0.15, -0.1) is 10.2 Å². The Hall–Kier alpha value is -2.71. The molecule has 140 valence electrons. The highest BCUT2D eigenvalue weighted by atomic mass is 79.9. The van der Waals surface area contributed by atoms with Crippen molar-refractivity contribution in [2.24, 2.45) is 0 Å². The average molecular weight is 454 g/mol. The molecule has 0 aliphatic carbocycles. The Kier molecular flexibility index (Phi) is 5.40. The molecule has 2 aromatic carbocycles. The molecule has 0 saturated heterocycles. The smallest absolute Gasteiger partial charge is 0.234 e. The summed E-state index contributed by atoms with van der Waals surface area (Å²) in [7, 11) is 0. The minimum absolute atomic E-state index is 0.0864. The summed E-state index contributed by atoms with van der Waals surface area (Å²) >= 11 is 4.74. The number of benzene rings is 2. The summed E-state index contributed by atoms with van der Waals surface area (Å²) in [6.45, 7) is 2.04. The minimum atomic E-state index is -0.0864. The van der Waals surface area contributed by atoms with Gasteiger partial charge in [0.25, 0.3) is 0 Å². The second kappa shape index (κ2) is 8.12. The van der Waals surface area contributed by atoms with Gasteiger partial charge in [0.05, 0.1) is 5.75 Å². The van der Waals surface area contributed by atoms with Crippen LogP contribution >= 0.6 is 27.7 Å². The Balaban J connectivity index is 1.48. The van der Waals surface area contributed by atoms with E-state index in [0.717, 1.165) is 20.7 Å². The molecule has 0 aliphatic rings. The molecule has 6 nitrogen and oxygen atoms in total. The summed E-state index contributed by atoms with van der Waals surface area (Å²) in [5.74, 6) is 0.852. The molecule has 0 fully saturated rings. The molecule has 0 aliphatic heterocycles. The molecule has 2 heterocycles. The van der Waals surface area contributed by atoms with E-state index in [-0.39, 0.29) is 11.7 Å². The van der Waals surface area contributed by atoms with Gasteiger partial charge in [-0.2, -0.15) is 9.61 Å². The molecule has 0 unspecified atom stereocenters. The van der Waals surface area contributed by atoms with Gasteiger partial charge in [0, 0.05) is 15.7 Å². The molecule has 4 rings (SSSR count). The van der Waals surface area contributed by atoms with Gasteiger partial charge in [0.15, 0.2) is 11.5 Å². The van der Waals surface area contributed by atoms with Crippen LogP contribution in [0.2, 0.25) is 0 Å². The lowest BCUT2D eigenvalue weighted by Crippen LogP contribution is -2.14. The summed E-state index contributed by atoms with van der Waals surface area (Å²) in [5, 5.41) is 16.6. The zero-order chi connectivity index (χ0) is 19.5. The van der Waals surface area contributed by atoms with Crippen LogP contribution in [0.25, 0.3) is 17.0 Å². The highest BCUT2D eigenvalue weighted by Crippen LogP contribution is 2.21. The second-order valence-corrected chi connectivity index (χ2v) is 8.09. The maximum Gasteiger partial charge on any atom is 0.234 e. The Morgan fingerprint density at radius 1 is 1.04 bits per heavy atom. The summed E-state index contributed by atoms with van der Waals surface area (Å²) in [5.41, 5.74) is 3.55. The maximum atomic E-state index is 12.2. The maximum absolute atomic E-state index is 12.2. The first-order valence-corrected chi connectivity index (χ1v) is 10.3. The molecule has 0 radical (unpaired) electrons. The Bertz CT molecular complexity index is 1130. The first-order valence-electron chi connectivity index (χ1n) is 8.56. The van der Waals surface area contributed by atoms with Gasteiger partial charge >= 0.3 is 0 Å². The molecule has 0 spiro atoms. The number of thioether (sulfide) groups is 1.